The Balaban J connectivity index is 1.70. The van der Waals surface area contributed by atoms with E-state index in [2.05, 4.69) is 17.1 Å². The lowest BCUT2D eigenvalue weighted by Crippen LogP contribution is -2.36. The Kier molecular flexibility index (Phi) is 5.61. The van der Waals surface area contributed by atoms with Gasteiger partial charge < -0.3 is 10.2 Å². The molecule has 1 fully saturated rings. The van der Waals surface area contributed by atoms with Crippen molar-refractivity contribution in [2.75, 3.05) is 26.2 Å². The largest absolute Gasteiger partial charge is 0.312 e. The molecular formula is C15H22ClFN2. The zero-order chi connectivity index (χ0) is 13.7. The number of likely N-dealkylation sites (tertiary alicyclic amines) is 1. The van der Waals surface area contributed by atoms with Crippen LogP contribution in [0, 0.1) is 11.7 Å². The van der Waals surface area contributed by atoms with Gasteiger partial charge in [0.25, 0.3) is 0 Å². The first kappa shape index (κ1) is 14.8. The average Bonchev–Trinajstić information content (AvgIpc) is 2.43. The molecule has 1 saturated heterocycles. The highest BCUT2D eigenvalue weighted by molar-refractivity contribution is 6.30. The fourth-order valence-electron chi connectivity index (χ4n) is 2.58. The molecule has 0 bridgehead atoms. The molecule has 1 aliphatic rings. The van der Waals surface area contributed by atoms with Crippen LogP contribution in [-0.2, 0) is 6.54 Å². The highest BCUT2D eigenvalue weighted by Crippen LogP contribution is 2.17. The highest BCUT2D eigenvalue weighted by Gasteiger charge is 2.17. The third kappa shape index (κ3) is 4.44. The summed E-state index contributed by atoms with van der Waals surface area (Å²) in [4.78, 5) is 2.49. The average molecular weight is 285 g/mol. The SMILES string of the molecule is CCN1CCC(CNCc2ccc(Cl)c(F)c2)CC1. The van der Waals surface area contributed by atoms with Crippen molar-refractivity contribution in [2.24, 2.45) is 5.92 Å². The minimum absolute atomic E-state index is 0.190. The molecule has 106 valence electrons. The van der Waals surface area contributed by atoms with Crippen molar-refractivity contribution >= 4 is 11.6 Å². The van der Waals surface area contributed by atoms with Crippen LogP contribution in [0.1, 0.15) is 25.3 Å². The highest BCUT2D eigenvalue weighted by atomic mass is 35.5. The molecule has 1 aromatic carbocycles. The third-order valence-electron chi connectivity index (χ3n) is 3.90. The van der Waals surface area contributed by atoms with E-state index >= 15 is 0 Å². The zero-order valence-electron chi connectivity index (χ0n) is 11.5. The van der Waals surface area contributed by atoms with Crippen molar-refractivity contribution in [1.82, 2.24) is 10.2 Å². The summed E-state index contributed by atoms with van der Waals surface area (Å²) in [7, 11) is 0. The maximum absolute atomic E-state index is 13.3. The molecule has 2 rings (SSSR count). The summed E-state index contributed by atoms with van der Waals surface area (Å²) >= 11 is 5.66. The van der Waals surface area contributed by atoms with Crippen LogP contribution in [0.5, 0.6) is 0 Å². The molecular weight excluding hydrogens is 263 g/mol. The lowest BCUT2D eigenvalue weighted by molar-refractivity contribution is 0.190. The first-order chi connectivity index (χ1) is 9.19. The number of halogens is 2. The summed E-state index contributed by atoms with van der Waals surface area (Å²) < 4.78 is 13.3. The third-order valence-corrected chi connectivity index (χ3v) is 4.21. The van der Waals surface area contributed by atoms with E-state index in [-0.39, 0.29) is 10.8 Å². The Labute approximate surface area is 119 Å². The van der Waals surface area contributed by atoms with E-state index in [0.717, 1.165) is 24.6 Å². The molecule has 19 heavy (non-hydrogen) atoms. The van der Waals surface area contributed by atoms with Crippen LogP contribution >= 0.6 is 11.6 Å². The first-order valence-corrected chi connectivity index (χ1v) is 7.44. The molecule has 0 atom stereocenters. The molecule has 1 aromatic rings. The van der Waals surface area contributed by atoms with Gasteiger partial charge in [0.1, 0.15) is 5.82 Å². The fraction of sp³-hybridized carbons (Fsp3) is 0.600. The maximum Gasteiger partial charge on any atom is 0.142 e. The summed E-state index contributed by atoms with van der Waals surface area (Å²) in [5.41, 5.74) is 0.952. The second kappa shape index (κ2) is 7.22. The van der Waals surface area contributed by atoms with Gasteiger partial charge in [0.05, 0.1) is 5.02 Å². The summed E-state index contributed by atoms with van der Waals surface area (Å²) in [6.45, 7) is 7.51. The summed E-state index contributed by atoms with van der Waals surface area (Å²) in [5.74, 6) is 0.414. The van der Waals surface area contributed by atoms with Crippen LogP contribution in [0.3, 0.4) is 0 Å². The maximum atomic E-state index is 13.3. The normalized spacial score (nSPS) is 17.8. The molecule has 0 saturated carbocycles. The smallest absolute Gasteiger partial charge is 0.142 e. The molecule has 1 N–H and O–H groups in total. The summed E-state index contributed by atoms with van der Waals surface area (Å²) in [6.07, 6.45) is 2.52. The molecule has 0 aromatic heterocycles. The van der Waals surface area contributed by atoms with Crippen LogP contribution < -0.4 is 5.32 Å². The minimum atomic E-state index is -0.336. The molecule has 0 amide bonds. The number of nitrogens with one attached hydrogen (secondary N) is 1. The monoisotopic (exact) mass is 284 g/mol. The second-order valence-electron chi connectivity index (χ2n) is 5.26. The molecule has 1 heterocycles. The van der Waals surface area contributed by atoms with Gasteiger partial charge in [0.2, 0.25) is 0 Å². The number of nitrogens with zero attached hydrogens (tertiary/aromatic N) is 1. The zero-order valence-corrected chi connectivity index (χ0v) is 12.2. The lowest BCUT2D eigenvalue weighted by atomic mass is 9.97. The Hall–Kier alpha value is -0.640. The van der Waals surface area contributed by atoms with Crippen molar-refractivity contribution in [3.05, 3.63) is 34.6 Å². The van der Waals surface area contributed by atoms with Gasteiger partial charge in [-0.2, -0.15) is 0 Å². The van der Waals surface area contributed by atoms with E-state index in [1.54, 1.807) is 6.07 Å². The second-order valence-corrected chi connectivity index (χ2v) is 5.66. The van der Waals surface area contributed by atoms with Gasteiger partial charge >= 0.3 is 0 Å². The Morgan fingerprint density at radius 1 is 1.37 bits per heavy atom. The van der Waals surface area contributed by atoms with Crippen molar-refractivity contribution in [2.45, 2.75) is 26.3 Å². The quantitative estimate of drug-likeness (QED) is 0.892. The van der Waals surface area contributed by atoms with Gasteiger partial charge in [0.15, 0.2) is 0 Å². The fourth-order valence-corrected chi connectivity index (χ4v) is 2.69. The number of hydrogen-bond acceptors (Lipinski definition) is 2. The number of benzene rings is 1. The van der Waals surface area contributed by atoms with Crippen LogP contribution in [-0.4, -0.2) is 31.1 Å². The van der Waals surface area contributed by atoms with Crippen molar-refractivity contribution in [3.63, 3.8) is 0 Å². The molecule has 0 radical (unpaired) electrons. The molecule has 1 aliphatic heterocycles. The van der Waals surface area contributed by atoms with E-state index in [0.29, 0.717) is 6.54 Å². The Morgan fingerprint density at radius 2 is 2.11 bits per heavy atom. The van der Waals surface area contributed by atoms with Gasteiger partial charge in [-0.05, 0) is 62.6 Å². The first-order valence-electron chi connectivity index (χ1n) is 7.06. The molecule has 0 aliphatic carbocycles. The van der Waals surface area contributed by atoms with Crippen LogP contribution in [0.4, 0.5) is 4.39 Å². The number of rotatable bonds is 5. The predicted octanol–water partition coefficient (Wildman–Crippen LogP) is 3.30. The molecule has 0 unspecified atom stereocenters. The molecule has 0 spiro atoms. The Bertz CT molecular complexity index is 403. The topological polar surface area (TPSA) is 15.3 Å². The standard InChI is InChI=1S/C15H22ClFN2/c1-2-19-7-5-12(6-8-19)10-18-11-13-3-4-14(16)15(17)9-13/h3-4,9,12,18H,2,5-8,10-11H2,1H3. The van der Waals surface area contributed by atoms with E-state index in [4.69, 9.17) is 11.6 Å². The van der Waals surface area contributed by atoms with E-state index in [1.165, 1.54) is 32.0 Å². The number of hydrogen-bond donors (Lipinski definition) is 1. The molecule has 2 nitrogen and oxygen atoms in total. The van der Waals surface area contributed by atoms with Gasteiger partial charge in [0, 0.05) is 6.54 Å². The molecule has 4 heteroatoms. The van der Waals surface area contributed by atoms with Crippen molar-refractivity contribution in [1.29, 1.82) is 0 Å². The van der Waals surface area contributed by atoms with Gasteiger partial charge in [-0.15, -0.1) is 0 Å². The van der Waals surface area contributed by atoms with Crippen LogP contribution in [0.25, 0.3) is 0 Å². The van der Waals surface area contributed by atoms with Crippen molar-refractivity contribution < 1.29 is 4.39 Å². The van der Waals surface area contributed by atoms with Crippen LogP contribution in [0.2, 0.25) is 5.02 Å². The van der Waals surface area contributed by atoms with Gasteiger partial charge in [-0.3, -0.25) is 0 Å². The van der Waals surface area contributed by atoms with E-state index in [9.17, 15) is 4.39 Å². The van der Waals surface area contributed by atoms with Gasteiger partial charge in [-0.1, -0.05) is 24.6 Å². The van der Waals surface area contributed by atoms with E-state index in [1.807, 2.05) is 6.07 Å². The predicted molar refractivity (Wildman–Crippen MR) is 78.0 cm³/mol. The van der Waals surface area contributed by atoms with Gasteiger partial charge in [-0.25, -0.2) is 4.39 Å². The van der Waals surface area contributed by atoms with E-state index < -0.39 is 0 Å². The van der Waals surface area contributed by atoms with Crippen molar-refractivity contribution in [3.8, 4) is 0 Å². The summed E-state index contributed by atoms with van der Waals surface area (Å²) in [6, 6.07) is 5.00. The van der Waals surface area contributed by atoms with Crippen LogP contribution in [0.15, 0.2) is 18.2 Å². The lowest BCUT2D eigenvalue weighted by Gasteiger charge is -2.31. The Morgan fingerprint density at radius 3 is 2.74 bits per heavy atom. The summed E-state index contributed by atoms with van der Waals surface area (Å²) in [5, 5.41) is 3.61. The minimum Gasteiger partial charge on any atom is -0.312 e. The number of piperidine rings is 1.